The smallest absolute Gasteiger partial charge is 0.232 e. The maximum absolute atomic E-state index is 12.7. The zero-order valence-corrected chi connectivity index (χ0v) is 16.1. The van der Waals surface area contributed by atoms with E-state index in [0.717, 1.165) is 24.3 Å². The lowest BCUT2D eigenvalue weighted by Gasteiger charge is -2.24. The fourth-order valence-corrected chi connectivity index (χ4v) is 5.46. The van der Waals surface area contributed by atoms with Gasteiger partial charge in [-0.25, -0.2) is 0 Å². The number of hydrogen-bond donors (Lipinski definition) is 1. The lowest BCUT2D eigenvalue weighted by atomic mass is 9.89. The maximum atomic E-state index is 12.7. The molecule has 1 saturated carbocycles. The van der Waals surface area contributed by atoms with Gasteiger partial charge in [0.15, 0.2) is 0 Å². The number of nitrogens with zero attached hydrogens (tertiary/aromatic N) is 2. The number of benzene rings is 1. The predicted octanol–water partition coefficient (Wildman–Crippen LogP) is 2.64. The minimum absolute atomic E-state index is 0.160. The molecule has 2 amide bonds. The Morgan fingerprint density at radius 2 is 2.08 bits per heavy atom. The van der Waals surface area contributed by atoms with Crippen molar-refractivity contribution >= 4 is 34.5 Å². The number of hydrogen-bond acceptors (Lipinski definition) is 3. The van der Waals surface area contributed by atoms with Gasteiger partial charge in [0.05, 0.1) is 5.75 Å². The summed E-state index contributed by atoms with van der Waals surface area (Å²) in [4.78, 5) is 27.4. The number of nitrogens with one attached hydrogen (secondary N) is 1. The first-order valence-corrected chi connectivity index (χ1v) is 10.2. The normalized spacial score (nSPS) is 25.2. The van der Waals surface area contributed by atoms with E-state index in [1.54, 1.807) is 11.8 Å². The molecule has 2 aliphatic rings. The Morgan fingerprint density at radius 1 is 1.31 bits per heavy atom. The Labute approximate surface area is 158 Å². The largest absolute Gasteiger partial charge is 0.356 e. The minimum atomic E-state index is 0.160. The van der Waals surface area contributed by atoms with Crippen LogP contribution in [0.25, 0.3) is 10.9 Å². The van der Waals surface area contributed by atoms with Crippen molar-refractivity contribution < 1.29 is 9.59 Å². The monoisotopic (exact) mass is 371 g/mol. The van der Waals surface area contributed by atoms with Crippen LogP contribution in [0.2, 0.25) is 0 Å². The van der Waals surface area contributed by atoms with Crippen LogP contribution in [0.3, 0.4) is 0 Å². The maximum Gasteiger partial charge on any atom is 0.232 e. The number of aryl methyl sites for hydroxylation is 1. The highest BCUT2D eigenvalue weighted by atomic mass is 32.2. The molecule has 1 aliphatic carbocycles. The molecule has 1 aromatic heterocycles. The number of para-hydroxylation sites is 1. The van der Waals surface area contributed by atoms with Gasteiger partial charge in [0.25, 0.3) is 0 Å². The van der Waals surface area contributed by atoms with E-state index in [9.17, 15) is 9.59 Å². The van der Waals surface area contributed by atoms with E-state index in [-0.39, 0.29) is 17.9 Å². The van der Waals surface area contributed by atoms with E-state index in [4.69, 9.17) is 0 Å². The SMILES string of the molecule is CN(C(=O)CSc1cn(C)c2ccccc12)[C@H]1C[C@H]2CC(=O)NC[C@H]2C1. The van der Waals surface area contributed by atoms with E-state index in [0.29, 0.717) is 24.0 Å². The van der Waals surface area contributed by atoms with Gasteiger partial charge in [0.1, 0.15) is 0 Å². The first-order valence-electron chi connectivity index (χ1n) is 9.22. The van der Waals surface area contributed by atoms with Crippen LogP contribution in [0.1, 0.15) is 19.3 Å². The molecule has 2 fully saturated rings. The minimum Gasteiger partial charge on any atom is -0.356 e. The van der Waals surface area contributed by atoms with E-state index in [2.05, 4.69) is 28.2 Å². The quantitative estimate of drug-likeness (QED) is 0.841. The molecule has 0 bridgehead atoms. The topological polar surface area (TPSA) is 54.3 Å². The standard InChI is InChI=1S/C20H25N3O2S/c1-22-11-18(16-5-3-4-6-17(16)22)26-12-20(25)23(2)15-7-13-9-19(24)21-10-14(13)8-15/h3-6,11,13-15H,7-10,12H2,1-2H3,(H,21,24)/t13-,14+,15-/m0/s1. The highest BCUT2D eigenvalue weighted by molar-refractivity contribution is 8.00. The van der Waals surface area contributed by atoms with Crippen LogP contribution in [0.15, 0.2) is 35.4 Å². The summed E-state index contributed by atoms with van der Waals surface area (Å²) in [6, 6.07) is 8.55. The number of piperidine rings is 1. The van der Waals surface area contributed by atoms with Gasteiger partial charge < -0.3 is 14.8 Å². The molecule has 1 saturated heterocycles. The molecular weight excluding hydrogens is 346 g/mol. The molecule has 3 atom stereocenters. The van der Waals surface area contributed by atoms with Crippen LogP contribution in [0.4, 0.5) is 0 Å². The van der Waals surface area contributed by atoms with Crippen molar-refractivity contribution in [2.45, 2.75) is 30.2 Å². The Bertz CT molecular complexity index is 847. The van der Waals surface area contributed by atoms with Crippen LogP contribution < -0.4 is 5.32 Å². The van der Waals surface area contributed by atoms with E-state index in [1.807, 2.05) is 31.1 Å². The number of carbonyl (C=O) groups is 2. The molecule has 138 valence electrons. The Morgan fingerprint density at radius 3 is 2.92 bits per heavy atom. The Kier molecular flexibility index (Phi) is 4.69. The lowest BCUT2D eigenvalue weighted by molar-refractivity contribution is -0.129. The molecule has 1 aromatic carbocycles. The van der Waals surface area contributed by atoms with Crippen molar-refractivity contribution in [2.75, 3.05) is 19.3 Å². The number of thioether (sulfide) groups is 1. The van der Waals surface area contributed by atoms with Gasteiger partial charge in [-0.05, 0) is 30.7 Å². The fraction of sp³-hybridized carbons (Fsp3) is 0.500. The average Bonchev–Trinajstić information content (AvgIpc) is 3.20. The van der Waals surface area contributed by atoms with Crippen LogP contribution in [0.5, 0.6) is 0 Å². The van der Waals surface area contributed by atoms with Crippen molar-refractivity contribution in [2.24, 2.45) is 18.9 Å². The van der Waals surface area contributed by atoms with E-state index in [1.165, 1.54) is 10.9 Å². The summed E-state index contributed by atoms with van der Waals surface area (Å²) in [5.74, 6) is 1.75. The first kappa shape index (κ1) is 17.5. The highest BCUT2D eigenvalue weighted by Gasteiger charge is 2.40. The van der Waals surface area contributed by atoms with Gasteiger partial charge in [-0.3, -0.25) is 9.59 Å². The average molecular weight is 372 g/mol. The molecule has 5 nitrogen and oxygen atoms in total. The molecule has 4 rings (SSSR count). The Balaban J connectivity index is 1.38. The molecule has 0 unspecified atom stereocenters. The summed E-state index contributed by atoms with van der Waals surface area (Å²) in [6.45, 7) is 0.771. The van der Waals surface area contributed by atoms with Crippen molar-refractivity contribution in [3.63, 3.8) is 0 Å². The lowest BCUT2D eigenvalue weighted by Crippen LogP contribution is -2.38. The number of rotatable bonds is 4. The van der Waals surface area contributed by atoms with Crippen molar-refractivity contribution in [3.05, 3.63) is 30.5 Å². The van der Waals surface area contributed by atoms with Gasteiger partial charge in [-0.1, -0.05) is 18.2 Å². The van der Waals surface area contributed by atoms with Crippen molar-refractivity contribution in [3.8, 4) is 0 Å². The third-order valence-electron chi connectivity index (χ3n) is 5.98. The van der Waals surface area contributed by atoms with Gasteiger partial charge in [-0.15, -0.1) is 11.8 Å². The molecule has 2 aromatic rings. The van der Waals surface area contributed by atoms with Crippen molar-refractivity contribution in [1.29, 1.82) is 0 Å². The molecule has 2 heterocycles. The van der Waals surface area contributed by atoms with E-state index < -0.39 is 0 Å². The van der Waals surface area contributed by atoms with Crippen LogP contribution in [-0.4, -0.2) is 46.7 Å². The molecule has 1 N–H and O–H groups in total. The van der Waals surface area contributed by atoms with Gasteiger partial charge >= 0.3 is 0 Å². The molecule has 1 aliphatic heterocycles. The Hall–Kier alpha value is -1.95. The molecule has 26 heavy (non-hydrogen) atoms. The third-order valence-corrected chi connectivity index (χ3v) is 7.01. The number of fused-ring (bicyclic) bond motifs is 2. The summed E-state index contributed by atoms with van der Waals surface area (Å²) in [7, 11) is 3.96. The van der Waals surface area contributed by atoms with Crippen LogP contribution in [-0.2, 0) is 16.6 Å². The second kappa shape index (κ2) is 6.99. The second-order valence-corrected chi connectivity index (χ2v) is 8.59. The first-order chi connectivity index (χ1) is 12.5. The summed E-state index contributed by atoms with van der Waals surface area (Å²) in [6.07, 6.45) is 4.68. The van der Waals surface area contributed by atoms with E-state index >= 15 is 0 Å². The predicted molar refractivity (Wildman–Crippen MR) is 104 cm³/mol. The molecular formula is C20H25N3O2S. The highest BCUT2D eigenvalue weighted by Crippen LogP contribution is 2.38. The molecule has 6 heteroatoms. The molecule has 0 radical (unpaired) electrons. The van der Waals surface area contributed by atoms with Gasteiger partial charge in [-0.2, -0.15) is 0 Å². The van der Waals surface area contributed by atoms with Crippen molar-refractivity contribution in [1.82, 2.24) is 14.8 Å². The van der Waals surface area contributed by atoms with Gasteiger partial charge in [0.2, 0.25) is 11.8 Å². The van der Waals surface area contributed by atoms with Gasteiger partial charge in [0, 0.05) is 55.1 Å². The summed E-state index contributed by atoms with van der Waals surface area (Å²) in [5.41, 5.74) is 1.19. The molecule has 0 spiro atoms. The van der Waals surface area contributed by atoms with Crippen LogP contribution >= 0.6 is 11.8 Å². The summed E-state index contributed by atoms with van der Waals surface area (Å²) < 4.78 is 2.11. The zero-order valence-electron chi connectivity index (χ0n) is 15.3. The van der Waals surface area contributed by atoms with Crippen LogP contribution in [0, 0.1) is 11.8 Å². The number of amides is 2. The summed E-state index contributed by atoms with van der Waals surface area (Å²) in [5, 5.41) is 4.16. The summed E-state index contributed by atoms with van der Waals surface area (Å²) >= 11 is 1.61. The number of aromatic nitrogens is 1. The number of carbonyl (C=O) groups excluding carboxylic acids is 2. The second-order valence-electron chi connectivity index (χ2n) is 7.57. The third kappa shape index (κ3) is 3.22. The fourth-order valence-electron chi connectivity index (χ4n) is 4.42. The zero-order chi connectivity index (χ0) is 18.3.